The summed E-state index contributed by atoms with van der Waals surface area (Å²) in [7, 11) is -3.84. The molecule has 0 fully saturated rings. The Balaban J connectivity index is 1.77. The van der Waals surface area contributed by atoms with Crippen LogP contribution in [0.3, 0.4) is 0 Å². The lowest BCUT2D eigenvalue weighted by atomic mass is 10.1. The van der Waals surface area contributed by atoms with Gasteiger partial charge in [0.2, 0.25) is 0 Å². The fourth-order valence-corrected chi connectivity index (χ4v) is 4.66. The van der Waals surface area contributed by atoms with E-state index in [0.717, 1.165) is 5.39 Å². The molecule has 0 bridgehead atoms. The molecule has 7 heteroatoms. The van der Waals surface area contributed by atoms with Gasteiger partial charge in [0, 0.05) is 16.5 Å². The molecule has 0 saturated carbocycles. The SMILES string of the molecule is CCOC(=O)c1c(C)oc2ccc(NS(=O)(=O)c3cccc4ccccc34)cc12. The Morgan fingerprint density at radius 3 is 2.59 bits per heavy atom. The maximum absolute atomic E-state index is 13.1. The Hall–Kier alpha value is -3.32. The number of furan rings is 1. The number of esters is 1. The molecule has 0 aliphatic rings. The van der Waals surface area contributed by atoms with Crippen LogP contribution in [-0.4, -0.2) is 21.0 Å². The number of nitrogens with one attached hydrogen (secondary N) is 1. The van der Waals surface area contributed by atoms with Crippen molar-refractivity contribution in [1.82, 2.24) is 0 Å². The molecule has 0 saturated heterocycles. The number of ether oxygens (including phenoxy) is 1. The van der Waals surface area contributed by atoms with Crippen molar-refractivity contribution in [3.05, 3.63) is 72.0 Å². The molecule has 4 rings (SSSR count). The van der Waals surface area contributed by atoms with Gasteiger partial charge in [-0.1, -0.05) is 36.4 Å². The van der Waals surface area contributed by atoms with Gasteiger partial charge in [0.25, 0.3) is 10.0 Å². The molecule has 1 heterocycles. The van der Waals surface area contributed by atoms with E-state index < -0.39 is 16.0 Å². The number of hydrogen-bond donors (Lipinski definition) is 1. The first-order valence-electron chi connectivity index (χ1n) is 9.11. The summed E-state index contributed by atoms with van der Waals surface area (Å²) in [5.74, 6) is -0.0784. The second kappa shape index (κ2) is 7.25. The summed E-state index contributed by atoms with van der Waals surface area (Å²) in [6.45, 7) is 3.63. The first-order valence-corrected chi connectivity index (χ1v) is 10.6. The van der Waals surface area contributed by atoms with Gasteiger partial charge in [-0.05, 0) is 43.5 Å². The van der Waals surface area contributed by atoms with Crippen LogP contribution in [0, 0.1) is 6.92 Å². The quantitative estimate of drug-likeness (QED) is 0.475. The minimum atomic E-state index is -3.84. The Labute approximate surface area is 168 Å². The van der Waals surface area contributed by atoms with E-state index in [9.17, 15) is 13.2 Å². The zero-order valence-electron chi connectivity index (χ0n) is 15.9. The third kappa shape index (κ3) is 3.45. The zero-order chi connectivity index (χ0) is 20.6. The van der Waals surface area contributed by atoms with Crippen LogP contribution in [0.15, 0.2) is 70.0 Å². The van der Waals surface area contributed by atoms with Crippen molar-refractivity contribution in [3.8, 4) is 0 Å². The van der Waals surface area contributed by atoms with Crippen LogP contribution in [-0.2, 0) is 14.8 Å². The van der Waals surface area contributed by atoms with Crippen molar-refractivity contribution in [1.29, 1.82) is 0 Å². The molecule has 0 atom stereocenters. The van der Waals surface area contributed by atoms with Crippen LogP contribution in [0.2, 0.25) is 0 Å². The Kier molecular flexibility index (Phi) is 4.76. The average molecular weight is 409 g/mol. The Morgan fingerprint density at radius 1 is 1.03 bits per heavy atom. The highest BCUT2D eigenvalue weighted by Crippen LogP contribution is 2.30. The molecule has 148 valence electrons. The molecule has 3 aromatic carbocycles. The smallest absolute Gasteiger partial charge is 0.342 e. The molecule has 4 aromatic rings. The number of sulfonamides is 1. The highest BCUT2D eigenvalue weighted by Gasteiger charge is 2.22. The lowest BCUT2D eigenvalue weighted by molar-refractivity contribution is 0.0526. The summed E-state index contributed by atoms with van der Waals surface area (Å²) >= 11 is 0. The number of hydrogen-bond acceptors (Lipinski definition) is 5. The van der Waals surface area contributed by atoms with Crippen LogP contribution in [0.25, 0.3) is 21.7 Å². The van der Waals surface area contributed by atoms with Crippen LogP contribution < -0.4 is 4.72 Å². The van der Waals surface area contributed by atoms with Crippen molar-refractivity contribution >= 4 is 43.4 Å². The summed E-state index contributed by atoms with van der Waals surface area (Å²) in [6, 6.07) is 17.2. The van der Waals surface area contributed by atoms with E-state index in [1.54, 1.807) is 56.3 Å². The fraction of sp³-hybridized carbons (Fsp3) is 0.136. The average Bonchev–Trinajstić information content (AvgIpc) is 3.02. The molecular formula is C22H19NO5S. The van der Waals surface area contributed by atoms with E-state index >= 15 is 0 Å². The number of carbonyl (C=O) groups is 1. The molecule has 1 N–H and O–H groups in total. The van der Waals surface area contributed by atoms with E-state index in [1.807, 2.05) is 18.2 Å². The molecular weight excluding hydrogens is 390 g/mol. The second-order valence-corrected chi connectivity index (χ2v) is 8.20. The molecule has 0 radical (unpaired) electrons. The Morgan fingerprint density at radius 2 is 1.79 bits per heavy atom. The minimum absolute atomic E-state index is 0.185. The largest absolute Gasteiger partial charge is 0.462 e. The van der Waals surface area contributed by atoms with E-state index in [4.69, 9.17) is 9.15 Å². The topological polar surface area (TPSA) is 85.6 Å². The number of benzene rings is 3. The van der Waals surface area contributed by atoms with Gasteiger partial charge in [-0.15, -0.1) is 0 Å². The van der Waals surface area contributed by atoms with Crippen molar-refractivity contribution in [2.75, 3.05) is 11.3 Å². The molecule has 29 heavy (non-hydrogen) atoms. The molecule has 0 aliphatic carbocycles. The maximum atomic E-state index is 13.1. The van der Waals surface area contributed by atoms with Gasteiger partial charge >= 0.3 is 5.97 Å². The molecule has 0 amide bonds. The molecule has 1 aromatic heterocycles. The van der Waals surface area contributed by atoms with Crippen molar-refractivity contribution < 1.29 is 22.4 Å². The number of aryl methyl sites for hydroxylation is 1. The van der Waals surface area contributed by atoms with Gasteiger partial charge < -0.3 is 9.15 Å². The van der Waals surface area contributed by atoms with Crippen LogP contribution in [0.4, 0.5) is 5.69 Å². The van der Waals surface area contributed by atoms with E-state index in [0.29, 0.717) is 33.4 Å². The summed E-state index contributed by atoms with van der Waals surface area (Å²) in [5.41, 5.74) is 1.11. The third-order valence-electron chi connectivity index (χ3n) is 4.63. The lowest BCUT2D eigenvalue weighted by Gasteiger charge is -2.11. The Bertz CT molecular complexity index is 1330. The number of fused-ring (bicyclic) bond motifs is 2. The second-order valence-electron chi connectivity index (χ2n) is 6.55. The number of carbonyl (C=O) groups excluding carboxylic acids is 1. The predicted molar refractivity (Wildman–Crippen MR) is 112 cm³/mol. The standard InChI is InChI=1S/C22H19NO5S/c1-3-27-22(24)21-14(2)28-19-12-11-16(13-18(19)21)23-29(25,26)20-10-6-8-15-7-4-5-9-17(15)20/h4-13,23H,3H2,1-2H3. The van der Waals surface area contributed by atoms with Gasteiger partial charge in [0.05, 0.1) is 11.5 Å². The van der Waals surface area contributed by atoms with Gasteiger partial charge in [0.1, 0.15) is 16.9 Å². The number of rotatable bonds is 5. The summed E-state index contributed by atoms with van der Waals surface area (Å²) in [5, 5.41) is 1.97. The summed E-state index contributed by atoms with van der Waals surface area (Å²) in [4.78, 5) is 12.5. The molecule has 0 spiro atoms. The highest BCUT2D eigenvalue weighted by molar-refractivity contribution is 7.93. The third-order valence-corrected chi connectivity index (χ3v) is 6.07. The first-order chi connectivity index (χ1) is 13.9. The lowest BCUT2D eigenvalue weighted by Crippen LogP contribution is -2.13. The molecule has 6 nitrogen and oxygen atoms in total. The van der Waals surface area contributed by atoms with Crippen molar-refractivity contribution in [3.63, 3.8) is 0 Å². The van der Waals surface area contributed by atoms with Gasteiger partial charge in [-0.25, -0.2) is 13.2 Å². The normalized spacial score (nSPS) is 11.7. The summed E-state index contributed by atoms with van der Waals surface area (Å²) < 4.78 is 39.4. The van der Waals surface area contributed by atoms with Gasteiger partial charge in [0.15, 0.2) is 0 Å². The van der Waals surface area contributed by atoms with Crippen LogP contribution in [0.1, 0.15) is 23.0 Å². The highest BCUT2D eigenvalue weighted by atomic mass is 32.2. The molecule has 0 unspecified atom stereocenters. The monoisotopic (exact) mass is 409 g/mol. The number of anilines is 1. The van der Waals surface area contributed by atoms with Crippen LogP contribution >= 0.6 is 0 Å². The van der Waals surface area contributed by atoms with Gasteiger partial charge in [-0.3, -0.25) is 4.72 Å². The minimum Gasteiger partial charge on any atom is -0.462 e. The van der Waals surface area contributed by atoms with E-state index in [1.165, 1.54) is 0 Å². The van der Waals surface area contributed by atoms with Crippen molar-refractivity contribution in [2.45, 2.75) is 18.7 Å². The van der Waals surface area contributed by atoms with E-state index in [-0.39, 0.29) is 11.5 Å². The summed E-state index contributed by atoms with van der Waals surface area (Å²) in [6.07, 6.45) is 0. The fourth-order valence-electron chi connectivity index (χ4n) is 3.38. The van der Waals surface area contributed by atoms with E-state index in [2.05, 4.69) is 4.72 Å². The van der Waals surface area contributed by atoms with Crippen LogP contribution in [0.5, 0.6) is 0 Å². The van der Waals surface area contributed by atoms with Crippen molar-refractivity contribution in [2.24, 2.45) is 0 Å². The predicted octanol–water partition coefficient (Wildman–Crippen LogP) is 4.87. The zero-order valence-corrected chi connectivity index (χ0v) is 16.7. The first kappa shape index (κ1) is 19.0. The maximum Gasteiger partial charge on any atom is 0.342 e. The van der Waals surface area contributed by atoms with Gasteiger partial charge in [-0.2, -0.15) is 0 Å². The molecule has 0 aliphatic heterocycles.